The van der Waals surface area contributed by atoms with Gasteiger partial charge in [0.15, 0.2) is 0 Å². The molecular formula is C29H37N7O6. The van der Waals surface area contributed by atoms with E-state index in [1.54, 1.807) is 38.6 Å². The number of alkyl carbamates (subject to hydrolysis) is 1. The molecule has 1 unspecified atom stereocenters. The molecule has 3 N–H and O–H groups in total. The Morgan fingerprint density at radius 2 is 1.81 bits per heavy atom. The van der Waals surface area contributed by atoms with E-state index in [-0.39, 0.29) is 32.6 Å². The summed E-state index contributed by atoms with van der Waals surface area (Å²) in [6.45, 7) is 5.14. The second-order valence-corrected chi connectivity index (χ2v) is 11.3. The minimum absolute atomic E-state index is 0.00732. The molecule has 2 heterocycles. The first kappa shape index (κ1) is 30.3. The number of hydrogen-bond acceptors (Lipinski definition) is 7. The Bertz CT molecular complexity index is 1440. The molecule has 1 saturated heterocycles. The van der Waals surface area contributed by atoms with Crippen molar-refractivity contribution in [3.63, 3.8) is 0 Å². The summed E-state index contributed by atoms with van der Waals surface area (Å²) < 4.78 is 7.05. The SMILES string of the molecule is Cn1nnc2cc(CNC(=O)[C@@H]3CN(C(=O)O)CCN3C(=O)C(CCc3ccccc3)NC(=O)OC(C)(C)C)ccc21. The maximum absolute atomic E-state index is 13.9. The van der Waals surface area contributed by atoms with Crippen LogP contribution in [0.5, 0.6) is 0 Å². The average Bonchev–Trinajstić information content (AvgIpc) is 3.32. The first-order valence-corrected chi connectivity index (χ1v) is 13.8. The summed E-state index contributed by atoms with van der Waals surface area (Å²) >= 11 is 0. The predicted molar refractivity (Wildman–Crippen MR) is 153 cm³/mol. The van der Waals surface area contributed by atoms with Crippen LogP contribution in [-0.4, -0.2) is 91.2 Å². The Hall–Kier alpha value is -4.68. The number of piperazine rings is 1. The average molecular weight is 580 g/mol. The lowest BCUT2D eigenvalue weighted by Crippen LogP contribution is -2.64. The van der Waals surface area contributed by atoms with Crippen molar-refractivity contribution >= 4 is 35.0 Å². The van der Waals surface area contributed by atoms with E-state index in [9.17, 15) is 24.3 Å². The summed E-state index contributed by atoms with van der Waals surface area (Å²) in [6, 6.07) is 12.9. The van der Waals surface area contributed by atoms with Gasteiger partial charge in [-0.15, -0.1) is 5.10 Å². The van der Waals surface area contributed by atoms with Crippen molar-refractivity contribution in [2.75, 3.05) is 19.6 Å². The third-order valence-corrected chi connectivity index (χ3v) is 6.93. The Balaban J connectivity index is 1.52. The molecule has 0 aliphatic carbocycles. The molecule has 0 radical (unpaired) electrons. The van der Waals surface area contributed by atoms with Crippen LogP contribution in [0.2, 0.25) is 0 Å². The van der Waals surface area contributed by atoms with E-state index < -0.39 is 41.7 Å². The van der Waals surface area contributed by atoms with Crippen LogP contribution in [0.1, 0.15) is 38.3 Å². The first-order chi connectivity index (χ1) is 19.9. The van der Waals surface area contributed by atoms with Gasteiger partial charge < -0.3 is 30.3 Å². The summed E-state index contributed by atoms with van der Waals surface area (Å²) in [7, 11) is 1.78. The second kappa shape index (κ2) is 12.9. The molecule has 13 nitrogen and oxygen atoms in total. The highest BCUT2D eigenvalue weighted by Crippen LogP contribution is 2.17. The quantitative estimate of drug-likeness (QED) is 0.367. The molecule has 1 aromatic heterocycles. The Labute approximate surface area is 243 Å². The van der Waals surface area contributed by atoms with Gasteiger partial charge in [0.1, 0.15) is 23.2 Å². The molecule has 13 heteroatoms. The number of ether oxygens (including phenoxy) is 1. The number of carboxylic acid groups (broad SMARTS) is 1. The van der Waals surface area contributed by atoms with Gasteiger partial charge in [0.05, 0.1) is 12.1 Å². The number of nitrogens with one attached hydrogen (secondary N) is 2. The summed E-state index contributed by atoms with van der Waals surface area (Å²) in [5.41, 5.74) is 2.48. The Morgan fingerprint density at radius 1 is 1.07 bits per heavy atom. The molecule has 42 heavy (non-hydrogen) atoms. The smallest absolute Gasteiger partial charge is 0.408 e. The molecule has 0 saturated carbocycles. The molecule has 1 aliphatic rings. The summed E-state index contributed by atoms with van der Waals surface area (Å²) in [6.07, 6.45) is -1.18. The number of hydrogen-bond donors (Lipinski definition) is 3. The summed E-state index contributed by atoms with van der Waals surface area (Å²) in [5.74, 6) is -0.990. The minimum atomic E-state index is -1.18. The third-order valence-electron chi connectivity index (χ3n) is 6.93. The largest absolute Gasteiger partial charge is 0.465 e. The van der Waals surface area contributed by atoms with Crippen LogP contribution in [0, 0.1) is 0 Å². The van der Waals surface area contributed by atoms with Gasteiger partial charge in [0.2, 0.25) is 11.8 Å². The molecule has 2 atom stereocenters. The zero-order chi connectivity index (χ0) is 30.4. The van der Waals surface area contributed by atoms with Crippen molar-refractivity contribution < 1.29 is 29.0 Å². The van der Waals surface area contributed by atoms with E-state index >= 15 is 0 Å². The van der Waals surface area contributed by atoms with E-state index in [2.05, 4.69) is 20.9 Å². The molecule has 224 valence electrons. The lowest BCUT2D eigenvalue weighted by Gasteiger charge is -2.41. The molecule has 0 spiro atoms. The van der Waals surface area contributed by atoms with Gasteiger partial charge >= 0.3 is 12.2 Å². The highest BCUT2D eigenvalue weighted by Gasteiger charge is 2.40. The van der Waals surface area contributed by atoms with Gasteiger partial charge in [-0.1, -0.05) is 41.6 Å². The van der Waals surface area contributed by atoms with Crippen LogP contribution < -0.4 is 10.6 Å². The van der Waals surface area contributed by atoms with Crippen molar-refractivity contribution in [1.82, 2.24) is 35.4 Å². The lowest BCUT2D eigenvalue weighted by molar-refractivity contribution is -0.145. The third kappa shape index (κ3) is 7.74. The van der Waals surface area contributed by atoms with Crippen LogP contribution in [0.25, 0.3) is 11.0 Å². The van der Waals surface area contributed by atoms with Crippen LogP contribution in [0.15, 0.2) is 48.5 Å². The molecule has 4 amide bonds. The predicted octanol–water partition coefficient (Wildman–Crippen LogP) is 2.30. The van der Waals surface area contributed by atoms with Gasteiger partial charge in [0.25, 0.3) is 0 Å². The van der Waals surface area contributed by atoms with Crippen molar-refractivity contribution in [1.29, 1.82) is 0 Å². The number of rotatable bonds is 8. The number of carbonyl (C=O) groups excluding carboxylic acids is 3. The molecule has 2 aromatic carbocycles. The number of aromatic nitrogens is 3. The Kier molecular flexibility index (Phi) is 9.28. The van der Waals surface area contributed by atoms with Crippen molar-refractivity contribution in [3.05, 3.63) is 59.7 Å². The Morgan fingerprint density at radius 3 is 2.50 bits per heavy atom. The zero-order valence-corrected chi connectivity index (χ0v) is 24.2. The fraction of sp³-hybridized carbons (Fsp3) is 0.448. The molecule has 1 aliphatic heterocycles. The van der Waals surface area contributed by atoms with Gasteiger partial charge in [-0.2, -0.15) is 0 Å². The topological polar surface area (TPSA) is 159 Å². The molecule has 4 rings (SSSR count). The van der Waals surface area contributed by atoms with E-state index in [4.69, 9.17) is 4.74 Å². The van der Waals surface area contributed by atoms with Crippen LogP contribution in [0.4, 0.5) is 9.59 Å². The van der Waals surface area contributed by atoms with Gasteiger partial charge in [-0.05, 0) is 56.9 Å². The highest BCUT2D eigenvalue weighted by atomic mass is 16.6. The highest BCUT2D eigenvalue weighted by molar-refractivity contribution is 5.92. The van der Waals surface area contributed by atoms with E-state index in [1.807, 2.05) is 42.5 Å². The van der Waals surface area contributed by atoms with Gasteiger partial charge in [0, 0.05) is 26.7 Å². The van der Waals surface area contributed by atoms with E-state index in [1.165, 1.54) is 4.90 Å². The normalized spacial score (nSPS) is 16.1. The van der Waals surface area contributed by atoms with Gasteiger partial charge in [-0.25, -0.2) is 14.3 Å². The maximum Gasteiger partial charge on any atom is 0.408 e. The number of amides is 4. The standard InChI is InChI=1S/C29H37N7O6/c1-29(2,3)42-27(39)31-21(12-10-19-8-6-5-7-9-19)26(38)36-15-14-35(28(40)41)18-24(36)25(37)30-17-20-11-13-23-22(16-20)32-33-34(23)4/h5-9,11,13,16,21,24H,10,12,14-15,17-18H2,1-4H3,(H,30,37)(H,31,39)(H,40,41)/t21?,24-/m0/s1. The van der Waals surface area contributed by atoms with Crippen LogP contribution in [0.3, 0.4) is 0 Å². The first-order valence-electron chi connectivity index (χ1n) is 13.8. The lowest BCUT2D eigenvalue weighted by atomic mass is 10.0. The number of aryl methyl sites for hydroxylation is 2. The molecule has 1 fully saturated rings. The van der Waals surface area contributed by atoms with E-state index in [0.717, 1.165) is 21.5 Å². The number of fused-ring (bicyclic) bond motifs is 1. The number of nitrogens with zero attached hydrogens (tertiary/aromatic N) is 5. The second-order valence-electron chi connectivity index (χ2n) is 11.3. The number of benzene rings is 2. The fourth-order valence-corrected chi connectivity index (χ4v) is 4.81. The minimum Gasteiger partial charge on any atom is -0.465 e. The fourth-order valence-electron chi connectivity index (χ4n) is 4.81. The van der Waals surface area contributed by atoms with Gasteiger partial charge in [-0.3, -0.25) is 9.59 Å². The molecular weight excluding hydrogens is 542 g/mol. The maximum atomic E-state index is 13.9. The summed E-state index contributed by atoms with van der Waals surface area (Å²) in [4.78, 5) is 54.3. The monoisotopic (exact) mass is 579 g/mol. The summed E-state index contributed by atoms with van der Waals surface area (Å²) in [5, 5.41) is 23.2. The van der Waals surface area contributed by atoms with Crippen molar-refractivity contribution in [3.8, 4) is 0 Å². The van der Waals surface area contributed by atoms with Crippen molar-refractivity contribution in [2.45, 2.75) is 57.8 Å². The van der Waals surface area contributed by atoms with Crippen molar-refractivity contribution in [2.24, 2.45) is 7.05 Å². The van der Waals surface area contributed by atoms with Crippen LogP contribution >= 0.6 is 0 Å². The molecule has 3 aromatic rings. The van der Waals surface area contributed by atoms with E-state index in [0.29, 0.717) is 11.9 Å². The van der Waals surface area contributed by atoms with Crippen LogP contribution in [-0.2, 0) is 34.3 Å². The number of carbonyl (C=O) groups is 4. The zero-order valence-electron chi connectivity index (χ0n) is 24.2. The molecule has 0 bridgehead atoms.